The van der Waals surface area contributed by atoms with Crippen molar-refractivity contribution in [2.45, 2.75) is 69.2 Å². The largest absolute Gasteiger partial charge is 0.381 e. The zero-order chi connectivity index (χ0) is 26.8. The average Bonchev–Trinajstić information content (AvgIpc) is 3.29. The summed E-state index contributed by atoms with van der Waals surface area (Å²) in [5.41, 5.74) is 5.53. The van der Waals surface area contributed by atoms with Crippen LogP contribution in [-0.4, -0.2) is 46.7 Å². The lowest BCUT2D eigenvalue weighted by atomic mass is 9.91. The van der Waals surface area contributed by atoms with Gasteiger partial charge < -0.3 is 14.4 Å². The molecule has 8 rings (SSSR count). The Morgan fingerprint density at radius 2 is 1.77 bits per heavy atom. The van der Waals surface area contributed by atoms with Gasteiger partial charge in [0, 0.05) is 42.8 Å². The highest BCUT2D eigenvalue weighted by Gasteiger charge is 2.46. The molecule has 0 radical (unpaired) electrons. The van der Waals surface area contributed by atoms with Gasteiger partial charge in [0.15, 0.2) is 5.13 Å². The number of nitrogens with zero attached hydrogens (tertiary/aromatic N) is 4. The number of aromatic nitrogens is 3. The molecular weight excluding hydrogens is 563 g/mol. The molecule has 208 valence electrons. The normalized spacial score (nSPS) is 24.9. The van der Waals surface area contributed by atoms with Crippen LogP contribution in [0.25, 0.3) is 21.3 Å². The molecule has 2 saturated heterocycles. The Morgan fingerprint density at radius 1 is 0.975 bits per heavy atom. The zero-order valence-electron chi connectivity index (χ0n) is 22.3. The van der Waals surface area contributed by atoms with E-state index in [4.69, 9.17) is 42.8 Å². The van der Waals surface area contributed by atoms with Crippen molar-refractivity contribution >= 4 is 49.9 Å². The summed E-state index contributed by atoms with van der Waals surface area (Å²) < 4.78 is 15.7. The number of ether oxygens (including phenoxy) is 2. The standard InChI is InChI=1S/C31H32Cl2N4O2S/c32-24-4-2-5-25(33)29(24)23-15-34-37(20-7-8-20)26(23)17-39-27-14-21-13-19(27)16-36(21)31-35-30-22(3-1-6-28(30)40-31)18-9-11-38-12-10-18/h1-6,15,18-21,27H,7-14,16-17H2/t19-,21-,27+/m0/s1. The van der Waals surface area contributed by atoms with E-state index in [9.17, 15) is 0 Å². The molecular formula is C31H32Cl2N4O2S. The highest BCUT2D eigenvalue weighted by Crippen LogP contribution is 2.46. The first-order valence-corrected chi connectivity index (χ1v) is 16.1. The minimum absolute atomic E-state index is 0.241. The number of hydrogen-bond acceptors (Lipinski definition) is 6. The first-order chi connectivity index (χ1) is 19.6. The maximum absolute atomic E-state index is 6.68. The van der Waals surface area contributed by atoms with Gasteiger partial charge in [-0.2, -0.15) is 5.10 Å². The Hall–Kier alpha value is -2.16. The number of fused-ring (bicyclic) bond motifs is 3. The second-order valence-corrected chi connectivity index (χ2v) is 13.6. The Morgan fingerprint density at radius 3 is 2.52 bits per heavy atom. The van der Waals surface area contributed by atoms with Crippen molar-refractivity contribution in [3.05, 3.63) is 63.9 Å². The summed E-state index contributed by atoms with van der Waals surface area (Å²) in [5, 5.41) is 7.21. The smallest absolute Gasteiger partial charge is 0.186 e. The summed E-state index contributed by atoms with van der Waals surface area (Å²) in [7, 11) is 0. The second-order valence-electron chi connectivity index (χ2n) is 11.7. The van der Waals surface area contributed by atoms with Gasteiger partial charge in [0.25, 0.3) is 0 Å². The first kappa shape index (κ1) is 25.5. The first-order valence-electron chi connectivity index (χ1n) is 14.5. The lowest BCUT2D eigenvalue weighted by molar-refractivity contribution is 0.00958. The summed E-state index contributed by atoms with van der Waals surface area (Å²) in [4.78, 5) is 7.77. The number of rotatable bonds is 7. The van der Waals surface area contributed by atoms with Crippen LogP contribution in [-0.2, 0) is 16.1 Å². The van der Waals surface area contributed by atoms with Crippen molar-refractivity contribution in [2.75, 3.05) is 24.7 Å². The fourth-order valence-electron chi connectivity index (χ4n) is 7.08. The van der Waals surface area contributed by atoms with Gasteiger partial charge in [-0.1, -0.05) is 52.7 Å². The molecule has 2 saturated carbocycles. The molecule has 4 aliphatic rings. The van der Waals surface area contributed by atoms with Crippen molar-refractivity contribution < 1.29 is 9.47 Å². The second kappa shape index (κ2) is 10.3. The molecule has 4 fully saturated rings. The van der Waals surface area contributed by atoms with Crippen LogP contribution in [0.1, 0.15) is 61.7 Å². The van der Waals surface area contributed by atoms with Crippen LogP contribution >= 0.6 is 34.5 Å². The molecule has 2 aromatic heterocycles. The molecule has 6 nitrogen and oxygen atoms in total. The quantitative estimate of drug-likeness (QED) is 0.218. The molecule has 2 bridgehead atoms. The summed E-state index contributed by atoms with van der Waals surface area (Å²) >= 11 is 15.0. The number of benzene rings is 2. The number of hydrogen-bond donors (Lipinski definition) is 0. The fraction of sp³-hybridized carbons (Fsp3) is 0.484. The van der Waals surface area contributed by atoms with Crippen molar-refractivity contribution in [2.24, 2.45) is 5.92 Å². The number of halogens is 2. The Labute approximate surface area is 248 Å². The third kappa shape index (κ3) is 4.45. The minimum Gasteiger partial charge on any atom is -0.381 e. The average molecular weight is 596 g/mol. The van der Waals surface area contributed by atoms with E-state index in [1.807, 2.05) is 35.7 Å². The zero-order valence-corrected chi connectivity index (χ0v) is 24.6. The number of piperidine rings is 1. The molecule has 9 heteroatoms. The van der Waals surface area contributed by atoms with E-state index in [1.165, 1.54) is 27.3 Å². The van der Waals surface area contributed by atoms with Crippen molar-refractivity contribution in [3.63, 3.8) is 0 Å². The monoisotopic (exact) mass is 594 g/mol. The molecule has 2 aromatic carbocycles. The highest BCUT2D eigenvalue weighted by atomic mass is 35.5. The van der Waals surface area contributed by atoms with E-state index in [0.717, 1.165) is 68.7 Å². The van der Waals surface area contributed by atoms with Crippen LogP contribution in [0.3, 0.4) is 0 Å². The third-order valence-electron chi connectivity index (χ3n) is 9.28. The molecule has 2 aliphatic heterocycles. The number of para-hydroxylation sites is 1. The van der Waals surface area contributed by atoms with Crippen LogP contribution in [0, 0.1) is 5.92 Å². The molecule has 0 unspecified atom stereocenters. The SMILES string of the molecule is Clc1cccc(Cl)c1-c1cnn(C2CC2)c1CO[C@@H]1C[C@@H]2C[C@H]1CN2c1nc2c(C3CCOCC3)cccc2s1. The summed E-state index contributed by atoms with van der Waals surface area (Å²) in [6, 6.07) is 13.3. The van der Waals surface area contributed by atoms with Gasteiger partial charge in [0.05, 0.1) is 50.9 Å². The topological polar surface area (TPSA) is 52.4 Å². The summed E-state index contributed by atoms with van der Waals surface area (Å²) in [6.07, 6.45) is 8.84. The number of anilines is 1. The summed E-state index contributed by atoms with van der Waals surface area (Å²) in [5.74, 6) is 1.06. The van der Waals surface area contributed by atoms with E-state index in [2.05, 4.69) is 27.8 Å². The Kier molecular flexibility index (Phi) is 6.57. The maximum atomic E-state index is 6.68. The van der Waals surface area contributed by atoms with Crippen LogP contribution in [0.2, 0.25) is 10.0 Å². The van der Waals surface area contributed by atoms with Gasteiger partial charge in [0.1, 0.15) is 0 Å². The van der Waals surface area contributed by atoms with Gasteiger partial charge in [-0.15, -0.1) is 0 Å². The number of thiazole rings is 1. The van der Waals surface area contributed by atoms with Crippen molar-refractivity contribution in [1.29, 1.82) is 0 Å². The van der Waals surface area contributed by atoms with Crippen molar-refractivity contribution in [3.8, 4) is 11.1 Å². The maximum Gasteiger partial charge on any atom is 0.186 e. The van der Waals surface area contributed by atoms with Gasteiger partial charge in [-0.3, -0.25) is 4.68 Å². The Balaban J connectivity index is 0.994. The molecule has 2 aliphatic carbocycles. The van der Waals surface area contributed by atoms with Crippen LogP contribution in [0.15, 0.2) is 42.6 Å². The molecule has 4 heterocycles. The van der Waals surface area contributed by atoms with Gasteiger partial charge in [0.2, 0.25) is 0 Å². The molecule has 0 amide bonds. The Bertz CT molecular complexity index is 1540. The van der Waals surface area contributed by atoms with E-state index in [1.54, 1.807) is 0 Å². The van der Waals surface area contributed by atoms with E-state index < -0.39 is 0 Å². The van der Waals surface area contributed by atoms with E-state index in [0.29, 0.717) is 40.6 Å². The lowest BCUT2D eigenvalue weighted by Crippen LogP contribution is -2.38. The molecule has 3 atom stereocenters. The highest BCUT2D eigenvalue weighted by molar-refractivity contribution is 7.22. The van der Waals surface area contributed by atoms with E-state index in [-0.39, 0.29) is 6.10 Å². The summed E-state index contributed by atoms with van der Waals surface area (Å²) in [6.45, 7) is 3.23. The predicted octanol–water partition coefficient (Wildman–Crippen LogP) is 7.88. The molecule has 0 spiro atoms. The van der Waals surface area contributed by atoms with Gasteiger partial charge in [-0.05, 0) is 68.2 Å². The van der Waals surface area contributed by atoms with E-state index >= 15 is 0 Å². The molecule has 0 N–H and O–H groups in total. The lowest BCUT2D eigenvalue weighted by Gasteiger charge is -2.31. The minimum atomic E-state index is 0.241. The molecule has 4 aromatic rings. The van der Waals surface area contributed by atoms with Gasteiger partial charge >= 0.3 is 0 Å². The van der Waals surface area contributed by atoms with Gasteiger partial charge in [-0.25, -0.2) is 4.98 Å². The molecule has 40 heavy (non-hydrogen) atoms. The fourth-order valence-corrected chi connectivity index (χ4v) is 8.76. The van der Waals surface area contributed by atoms with Crippen LogP contribution < -0.4 is 4.90 Å². The third-order valence-corrected chi connectivity index (χ3v) is 11.0. The predicted molar refractivity (Wildman–Crippen MR) is 161 cm³/mol. The van der Waals surface area contributed by atoms with Crippen LogP contribution in [0.5, 0.6) is 0 Å². The van der Waals surface area contributed by atoms with Crippen molar-refractivity contribution in [1.82, 2.24) is 14.8 Å². The van der Waals surface area contributed by atoms with Crippen LogP contribution in [0.4, 0.5) is 5.13 Å².